The highest BCUT2D eigenvalue weighted by atomic mass is 32.2. The Hall–Kier alpha value is -2.30. The lowest BCUT2D eigenvalue weighted by Crippen LogP contribution is -2.34. The summed E-state index contributed by atoms with van der Waals surface area (Å²) < 4.78 is 32.1. The van der Waals surface area contributed by atoms with Gasteiger partial charge in [-0.05, 0) is 24.3 Å². The zero-order valence-corrected chi connectivity index (χ0v) is 16.2. The summed E-state index contributed by atoms with van der Waals surface area (Å²) in [7, 11) is -2.32. The zero-order chi connectivity index (χ0) is 19.8. The molecular formula is C17H22N4O5S. The van der Waals surface area contributed by atoms with Crippen LogP contribution in [0.3, 0.4) is 0 Å². The molecule has 2 heterocycles. The van der Waals surface area contributed by atoms with Crippen LogP contribution in [0.5, 0.6) is 0 Å². The molecule has 1 atom stereocenters. The number of carbonyl (C=O) groups is 1. The molecule has 9 nitrogen and oxygen atoms in total. The Morgan fingerprint density at radius 1 is 1.33 bits per heavy atom. The van der Waals surface area contributed by atoms with Gasteiger partial charge in [0, 0.05) is 31.5 Å². The van der Waals surface area contributed by atoms with Crippen molar-refractivity contribution >= 4 is 15.9 Å². The van der Waals surface area contributed by atoms with Crippen molar-refractivity contribution in [3.63, 3.8) is 0 Å². The molecule has 146 valence electrons. The normalized spacial score (nSPS) is 20.9. The van der Waals surface area contributed by atoms with Crippen LogP contribution in [0.4, 0.5) is 0 Å². The van der Waals surface area contributed by atoms with E-state index in [9.17, 15) is 18.3 Å². The molecule has 1 aromatic heterocycles. The quantitative estimate of drug-likeness (QED) is 0.769. The smallest absolute Gasteiger partial charge is 0.260 e. The molecule has 1 aliphatic rings. The fraction of sp³-hybridized carbons (Fsp3) is 0.471. The van der Waals surface area contributed by atoms with Crippen molar-refractivity contribution in [2.24, 2.45) is 0 Å². The van der Waals surface area contributed by atoms with Gasteiger partial charge in [-0.1, -0.05) is 19.0 Å². The summed E-state index contributed by atoms with van der Waals surface area (Å²) in [4.78, 5) is 15.8. The van der Waals surface area contributed by atoms with E-state index < -0.39 is 15.6 Å². The van der Waals surface area contributed by atoms with Crippen LogP contribution in [0, 0.1) is 0 Å². The lowest BCUT2D eigenvalue weighted by molar-refractivity contribution is 0.0194. The van der Waals surface area contributed by atoms with Crippen molar-refractivity contribution in [2.75, 3.05) is 20.1 Å². The average Bonchev–Trinajstić information content (AvgIpc) is 3.29. The topological polar surface area (TPSA) is 126 Å². The summed E-state index contributed by atoms with van der Waals surface area (Å²) >= 11 is 0. The minimum atomic E-state index is -3.82. The van der Waals surface area contributed by atoms with E-state index in [1.165, 1.54) is 35.6 Å². The standard InChI is InChI=1S/C17H22N4O5S/c1-11(2)14-19-16(26-20-14)17(23)8-9-21(10-17)27(24,25)13-6-4-12(5-7-13)15(22)18-3/h4-7,11,23H,8-10H2,1-3H3,(H,18,22)/t17-/m1/s1. The van der Waals surface area contributed by atoms with E-state index in [1.807, 2.05) is 13.8 Å². The molecule has 0 bridgehead atoms. The van der Waals surface area contributed by atoms with Gasteiger partial charge in [-0.3, -0.25) is 4.79 Å². The molecule has 0 spiro atoms. The number of aromatic nitrogens is 2. The maximum Gasteiger partial charge on any atom is 0.260 e. The highest BCUT2D eigenvalue weighted by molar-refractivity contribution is 7.89. The third kappa shape index (κ3) is 3.60. The van der Waals surface area contributed by atoms with Gasteiger partial charge in [0.25, 0.3) is 11.8 Å². The second-order valence-electron chi connectivity index (χ2n) is 6.84. The molecule has 27 heavy (non-hydrogen) atoms. The number of β-amino-alcohol motifs (C(OH)–C–C–N with tert-alkyl or cyclic N) is 1. The molecule has 0 saturated carbocycles. The summed E-state index contributed by atoms with van der Waals surface area (Å²) in [6.45, 7) is 3.74. The lowest BCUT2D eigenvalue weighted by Gasteiger charge is -2.19. The Morgan fingerprint density at radius 3 is 2.56 bits per heavy atom. The van der Waals surface area contributed by atoms with E-state index in [0.29, 0.717) is 11.4 Å². The van der Waals surface area contributed by atoms with Crippen LogP contribution < -0.4 is 5.32 Å². The summed E-state index contributed by atoms with van der Waals surface area (Å²) in [5.74, 6) is 0.224. The van der Waals surface area contributed by atoms with Gasteiger partial charge in [-0.15, -0.1) is 0 Å². The van der Waals surface area contributed by atoms with Crippen LogP contribution in [-0.4, -0.2) is 54.0 Å². The van der Waals surface area contributed by atoms with E-state index in [0.717, 1.165) is 0 Å². The first kappa shape index (κ1) is 19.5. The summed E-state index contributed by atoms with van der Waals surface area (Å²) in [5, 5.41) is 17.1. The Bertz CT molecular complexity index is 938. The number of amides is 1. The van der Waals surface area contributed by atoms with Gasteiger partial charge in [-0.2, -0.15) is 9.29 Å². The largest absolute Gasteiger partial charge is 0.379 e. The maximum absolute atomic E-state index is 12.9. The number of hydrogen-bond acceptors (Lipinski definition) is 7. The number of sulfonamides is 1. The molecule has 1 fully saturated rings. The van der Waals surface area contributed by atoms with E-state index in [4.69, 9.17) is 4.52 Å². The van der Waals surface area contributed by atoms with Gasteiger partial charge >= 0.3 is 0 Å². The van der Waals surface area contributed by atoms with Gasteiger partial charge in [0.2, 0.25) is 10.0 Å². The molecule has 1 amide bonds. The molecule has 10 heteroatoms. The number of benzene rings is 1. The van der Waals surface area contributed by atoms with Crippen LogP contribution in [0.2, 0.25) is 0 Å². The van der Waals surface area contributed by atoms with Crippen molar-refractivity contribution in [2.45, 2.75) is 36.7 Å². The second kappa shape index (κ2) is 7.02. The second-order valence-corrected chi connectivity index (χ2v) is 8.77. The van der Waals surface area contributed by atoms with E-state index in [2.05, 4.69) is 15.5 Å². The molecule has 0 aliphatic carbocycles. The predicted molar refractivity (Wildman–Crippen MR) is 95.5 cm³/mol. The lowest BCUT2D eigenvalue weighted by atomic mass is 10.0. The minimum Gasteiger partial charge on any atom is -0.379 e. The Kier molecular flexibility index (Phi) is 5.06. The van der Waals surface area contributed by atoms with Gasteiger partial charge < -0.3 is 14.9 Å². The van der Waals surface area contributed by atoms with Crippen molar-refractivity contribution in [3.05, 3.63) is 41.5 Å². The maximum atomic E-state index is 12.9. The SMILES string of the molecule is CNC(=O)c1ccc(S(=O)(=O)N2CC[C@](O)(c3nc(C(C)C)no3)C2)cc1. The van der Waals surface area contributed by atoms with Gasteiger partial charge in [0.1, 0.15) is 0 Å². The van der Waals surface area contributed by atoms with Crippen molar-refractivity contribution in [1.82, 2.24) is 19.8 Å². The predicted octanol–water partition coefficient (Wildman–Crippen LogP) is 0.835. The molecule has 1 saturated heterocycles. The van der Waals surface area contributed by atoms with Crippen LogP contribution in [0.1, 0.15) is 48.3 Å². The molecule has 1 aliphatic heterocycles. The molecule has 0 radical (unpaired) electrons. The molecular weight excluding hydrogens is 372 g/mol. The Morgan fingerprint density at radius 2 is 2.00 bits per heavy atom. The molecule has 2 aromatic rings. The third-order valence-corrected chi connectivity index (χ3v) is 6.41. The minimum absolute atomic E-state index is 0.0267. The first-order valence-electron chi connectivity index (χ1n) is 8.56. The van der Waals surface area contributed by atoms with Crippen LogP contribution in [-0.2, 0) is 15.6 Å². The fourth-order valence-electron chi connectivity index (χ4n) is 2.87. The summed E-state index contributed by atoms with van der Waals surface area (Å²) in [6, 6.07) is 5.64. The van der Waals surface area contributed by atoms with Crippen molar-refractivity contribution in [1.29, 1.82) is 0 Å². The Balaban J connectivity index is 1.81. The van der Waals surface area contributed by atoms with Crippen molar-refractivity contribution in [3.8, 4) is 0 Å². The highest BCUT2D eigenvalue weighted by Crippen LogP contribution is 2.34. The number of hydrogen-bond donors (Lipinski definition) is 2. The number of nitrogens with one attached hydrogen (secondary N) is 1. The average molecular weight is 394 g/mol. The molecule has 0 unspecified atom stereocenters. The molecule has 2 N–H and O–H groups in total. The van der Waals surface area contributed by atoms with Crippen LogP contribution in [0.25, 0.3) is 0 Å². The summed E-state index contributed by atoms with van der Waals surface area (Å²) in [5.41, 5.74) is -1.16. The first-order chi connectivity index (χ1) is 12.7. The summed E-state index contributed by atoms with van der Waals surface area (Å²) in [6.07, 6.45) is 0.155. The number of rotatable bonds is 5. The van der Waals surface area contributed by atoms with Crippen LogP contribution in [0.15, 0.2) is 33.7 Å². The number of aliphatic hydroxyl groups is 1. The first-order valence-corrected chi connectivity index (χ1v) is 10.00. The fourth-order valence-corrected chi connectivity index (χ4v) is 4.36. The van der Waals surface area contributed by atoms with Crippen LogP contribution >= 0.6 is 0 Å². The van der Waals surface area contributed by atoms with E-state index in [1.54, 1.807) is 0 Å². The highest BCUT2D eigenvalue weighted by Gasteiger charge is 2.46. The molecule has 3 rings (SSSR count). The van der Waals surface area contributed by atoms with E-state index in [-0.39, 0.29) is 42.1 Å². The Labute approximate surface area is 157 Å². The van der Waals surface area contributed by atoms with E-state index >= 15 is 0 Å². The number of nitrogens with zero attached hydrogens (tertiary/aromatic N) is 3. The van der Waals surface area contributed by atoms with Crippen molar-refractivity contribution < 1.29 is 22.8 Å². The van der Waals surface area contributed by atoms with Gasteiger partial charge in [-0.25, -0.2) is 8.42 Å². The third-order valence-electron chi connectivity index (χ3n) is 4.55. The number of carbonyl (C=O) groups excluding carboxylic acids is 1. The van der Waals surface area contributed by atoms with Gasteiger partial charge in [0.15, 0.2) is 11.4 Å². The van der Waals surface area contributed by atoms with Gasteiger partial charge in [0.05, 0.1) is 11.4 Å². The molecule has 1 aromatic carbocycles. The zero-order valence-electron chi connectivity index (χ0n) is 15.3. The monoisotopic (exact) mass is 394 g/mol.